The van der Waals surface area contributed by atoms with Crippen LogP contribution >= 0.6 is 0 Å². The lowest BCUT2D eigenvalue weighted by atomic mass is 10.1. The first-order valence-electron chi connectivity index (χ1n) is 8.26. The summed E-state index contributed by atoms with van der Waals surface area (Å²) in [5.74, 6) is 0.715. The van der Waals surface area contributed by atoms with Gasteiger partial charge in [0.05, 0.1) is 19.3 Å². The topological polar surface area (TPSA) is 33.7 Å². The van der Waals surface area contributed by atoms with Crippen LogP contribution in [0.4, 0.5) is 0 Å². The Morgan fingerprint density at radius 2 is 1.80 bits per heavy atom. The normalized spacial score (nSPS) is 17.1. The molecule has 4 heteroatoms. The molecule has 0 aromatic heterocycles. The van der Waals surface area contributed by atoms with Gasteiger partial charge in [0.1, 0.15) is 0 Å². The molecule has 0 spiro atoms. The zero-order valence-electron chi connectivity index (χ0n) is 14.3. The molecule has 1 N–H and O–H groups in total. The van der Waals surface area contributed by atoms with E-state index in [4.69, 9.17) is 9.47 Å². The van der Waals surface area contributed by atoms with E-state index in [-0.39, 0.29) is 0 Å². The molecule has 0 aromatic carbocycles. The third-order valence-electron chi connectivity index (χ3n) is 3.40. The molecule has 0 atom stereocenters. The van der Waals surface area contributed by atoms with Crippen molar-refractivity contribution >= 4 is 0 Å². The summed E-state index contributed by atoms with van der Waals surface area (Å²) in [6.07, 6.45) is 2.79. The number of hydrogen-bond acceptors (Lipinski definition) is 4. The van der Waals surface area contributed by atoms with Gasteiger partial charge in [-0.15, -0.1) is 0 Å². The van der Waals surface area contributed by atoms with Gasteiger partial charge in [0.15, 0.2) is 0 Å². The van der Waals surface area contributed by atoms with Crippen LogP contribution < -0.4 is 5.32 Å². The van der Waals surface area contributed by atoms with Crippen LogP contribution in [0.15, 0.2) is 0 Å². The van der Waals surface area contributed by atoms with Gasteiger partial charge in [0.25, 0.3) is 0 Å². The Kier molecular flexibility index (Phi) is 13.7. The van der Waals surface area contributed by atoms with E-state index in [0.717, 1.165) is 58.8 Å². The molecule has 0 aromatic rings. The lowest BCUT2D eigenvalue weighted by molar-refractivity contribution is 0.0289. The van der Waals surface area contributed by atoms with Crippen LogP contribution in [0.25, 0.3) is 0 Å². The summed E-state index contributed by atoms with van der Waals surface area (Å²) in [4.78, 5) is 2.47. The minimum atomic E-state index is 0.474. The first-order chi connectivity index (χ1) is 9.72. The standard InChI is InChI=1S/C14H30N2O2.C2H6/c1-13(2)12-15-6-10-18-11-9-16-7-4-14(17-3)5-8-16;1-2/h13-15H,4-12H2,1-3H3;1-2H3. The second kappa shape index (κ2) is 13.8. The second-order valence-electron chi connectivity index (χ2n) is 5.49. The SMILES string of the molecule is CC.COC1CCN(CCOCCNCC(C)C)CC1. The van der Waals surface area contributed by atoms with Gasteiger partial charge in [-0.25, -0.2) is 0 Å². The first kappa shape index (κ1) is 19.8. The maximum absolute atomic E-state index is 5.64. The summed E-state index contributed by atoms with van der Waals surface area (Å²) in [5.41, 5.74) is 0. The largest absolute Gasteiger partial charge is 0.381 e. The fourth-order valence-electron chi connectivity index (χ4n) is 2.20. The van der Waals surface area contributed by atoms with Gasteiger partial charge in [-0.05, 0) is 25.3 Å². The fourth-order valence-corrected chi connectivity index (χ4v) is 2.20. The summed E-state index contributed by atoms with van der Waals surface area (Å²) in [6, 6.07) is 0. The monoisotopic (exact) mass is 288 g/mol. The number of nitrogens with one attached hydrogen (secondary N) is 1. The van der Waals surface area contributed by atoms with Crippen molar-refractivity contribution in [1.29, 1.82) is 0 Å². The molecule has 1 heterocycles. The highest BCUT2D eigenvalue weighted by Crippen LogP contribution is 2.11. The van der Waals surface area contributed by atoms with Gasteiger partial charge in [0.2, 0.25) is 0 Å². The van der Waals surface area contributed by atoms with E-state index in [0.29, 0.717) is 12.0 Å². The van der Waals surface area contributed by atoms with E-state index in [1.165, 1.54) is 0 Å². The zero-order chi connectivity index (χ0) is 15.2. The second-order valence-corrected chi connectivity index (χ2v) is 5.49. The van der Waals surface area contributed by atoms with Crippen LogP contribution in [0.2, 0.25) is 0 Å². The van der Waals surface area contributed by atoms with Gasteiger partial charge < -0.3 is 19.7 Å². The molecule has 1 aliphatic rings. The fraction of sp³-hybridized carbons (Fsp3) is 1.00. The van der Waals surface area contributed by atoms with E-state index in [9.17, 15) is 0 Å². The summed E-state index contributed by atoms with van der Waals surface area (Å²) < 4.78 is 11.0. The molecule has 4 nitrogen and oxygen atoms in total. The van der Waals surface area contributed by atoms with Crippen molar-refractivity contribution in [3.05, 3.63) is 0 Å². The lowest BCUT2D eigenvalue weighted by Gasteiger charge is -2.30. The molecular weight excluding hydrogens is 252 g/mol. The highest BCUT2D eigenvalue weighted by Gasteiger charge is 2.17. The number of hydrogen-bond donors (Lipinski definition) is 1. The van der Waals surface area contributed by atoms with Crippen molar-refractivity contribution in [3.63, 3.8) is 0 Å². The summed E-state index contributed by atoms with van der Waals surface area (Å²) >= 11 is 0. The van der Waals surface area contributed by atoms with Crippen LogP contribution in [0.3, 0.4) is 0 Å². The summed E-state index contributed by atoms with van der Waals surface area (Å²) in [6.45, 7) is 15.5. The van der Waals surface area contributed by atoms with Gasteiger partial charge in [-0.2, -0.15) is 0 Å². The van der Waals surface area contributed by atoms with E-state index in [1.54, 1.807) is 0 Å². The molecule has 1 aliphatic heterocycles. The van der Waals surface area contributed by atoms with Crippen molar-refractivity contribution in [2.75, 3.05) is 53.0 Å². The number of methoxy groups -OCH3 is 1. The summed E-state index contributed by atoms with van der Waals surface area (Å²) in [5, 5.41) is 3.38. The van der Waals surface area contributed by atoms with E-state index < -0.39 is 0 Å². The van der Waals surface area contributed by atoms with Crippen LogP contribution in [0.1, 0.15) is 40.5 Å². The Hall–Kier alpha value is -0.160. The molecule has 0 radical (unpaired) electrons. The Morgan fingerprint density at radius 3 is 2.35 bits per heavy atom. The zero-order valence-corrected chi connectivity index (χ0v) is 14.3. The number of likely N-dealkylation sites (tertiary alicyclic amines) is 1. The number of rotatable bonds is 9. The third-order valence-corrected chi connectivity index (χ3v) is 3.40. The van der Waals surface area contributed by atoms with Crippen molar-refractivity contribution in [3.8, 4) is 0 Å². The van der Waals surface area contributed by atoms with Gasteiger partial charge in [0, 0.05) is 33.3 Å². The molecule has 0 unspecified atom stereocenters. The van der Waals surface area contributed by atoms with E-state index in [2.05, 4.69) is 24.1 Å². The highest BCUT2D eigenvalue weighted by atomic mass is 16.5. The third kappa shape index (κ3) is 10.6. The van der Waals surface area contributed by atoms with Crippen molar-refractivity contribution in [1.82, 2.24) is 10.2 Å². The molecule has 0 aliphatic carbocycles. The minimum Gasteiger partial charge on any atom is -0.381 e. The Bertz CT molecular complexity index is 193. The number of ether oxygens (including phenoxy) is 2. The average molecular weight is 288 g/mol. The lowest BCUT2D eigenvalue weighted by Crippen LogP contribution is -2.38. The molecule has 1 rings (SSSR count). The number of nitrogens with zero attached hydrogens (tertiary/aromatic N) is 1. The molecular formula is C16H36N2O2. The first-order valence-corrected chi connectivity index (χ1v) is 8.26. The number of piperidine rings is 1. The van der Waals surface area contributed by atoms with Crippen LogP contribution in [0.5, 0.6) is 0 Å². The van der Waals surface area contributed by atoms with Crippen LogP contribution in [-0.2, 0) is 9.47 Å². The molecule has 1 saturated heterocycles. The highest BCUT2D eigenvalue weighted by molar-refractivity contribution is 4.71. The van der Waals surface area contributed by atoms with Crippen LogP contribution in [0, 0.1) is 5.92 Å². The smallest absolute Gasteiger partial charge is 0.0595 e. The van der Waals surface area contributed by atoms with Crippen molar-refractivity contribution < 1.29 is 9.47 Å². The Labute approximate surface area is 126 Å². The Balaban J connectivity index is 0.00000172. The van der Waals surface area contributed by atoms with Gasteiger partial charge in [-0.3, -0.25) is 0 Å². The maximum Gasteiger partial charge on any atom is 0.0595 e. The van der Waals surface area contributed by atoms with Gasteiger partial charge in [-0.1, -0.05) is 27.7 Å². The quantitative estimate of drug-likeness (QED) is 0.661. The van der Waals surface area contributed by atoms with Crippen molar-refractivity contribution in [2.45, 2.75) is 46.6 Å². The molecule has 20 heavy (non-hydrogen) atoms. The molecule has 0 amide bonds. The Morgan fingerprint density at radius 1 is 1.15 bits per heavy atom. The average Bonchev–Trinajstić information content (AvgIpc) is 2.48. The van der Waals surface area contributed by atoms with Crippen molar-refractivity contribution in [2.24, 2.45) is 5.92 Å². The van der Waals surface area contributed by atoms with E-state index in [1.807, 2.05) is 21.0 Å². The molecule has 0 saturated carbocycles. The van der Waals surface area contributed by atoms with Crippen LogP contribution in [-0.4, -0.2) is 64.1 Å². The van der Waals surface area contributed by atoms with E-state index >= 15 is 0 Å². The predicted octanol–water partition coefficient (Wildman–Crippen LogP) is 2.39. The molecule has 0 bridgehead atoms. The maximum atomic E-state index is 5.64. The molecule has 1 fully saturated rings. The van der Waals surface area contributed by atoms with Gasteiger partial charge >= 0.3 is 0 Å². The predicted molar refractivity (Wildman–Crippen MR) is 86.3 cm³/mol. The minimum absolute atomic E-state index is 0.474. The molecule has 122 valence electrons. The summed E-state index contributed by atoms with van der Waals surface area (Å²) in [7, 11) is 1.81.